The van der Waals surface area contributed by atoms with Crippen LogP contribution in [0.1, 0.15) is 33.1 Å². The van der Waals surface area contributed by atoms with E-state index in [0.717, 1.165) is 6.54 Å². The number of likely N-dealkylation sites (tertiary alicyclic amines) is 1. The van der Waals surface area contributed by atoms with Crippen molar-refractivity contribution in [2.75, 3.05) is 13.1 Å². The molecule has 0 amide bonds. The summed E-state index contributed by atoms with van der Waals surface area (Å²) >= 11 is 0. The van der Waals surface area contributed by atoms with Gasteiger partial charge in [0.25, 0.3) is 0 Å². The summed E-state index contributed by atoms with van der Waals surface area (Å²) in [4.78, 5) is 2.38. The van der Waals surface area contributed by atoms with Crippen LogP contribution in [0, 0.1) is 5.41 Å². The Labute approximate surface area is 74.6 Å². The molecule has 0 bridgehead atoms. The summed E-state index contributed by atoms with van der Waals surface area (Å²) in [6, 6.07) is 0.593. The highest BCUT2D eigenvalue weighted by atomic mass is 16.3. The number of β-amino-alcohol motifs (C(OH)–C–C–N with tert-alkyl or cyclic N) is 1. The predicted octanol–water partition coefficient (Wildman–Crippen LogP) is 1.24. The molecule has 1 saturated carbocycles. The van der Waals surface area contributed by atoms with E-state index in [-0.39, 0.29) is 6.10 Å². The van der Waals surface area contributed by atoms with Crippen molar-refractivity contribution in [3.05, 3.63) is 0 Å². The Morgan fingerprint density at radius 2 is 2.00 bits per heavy atom. The van der Waals surface area contributed by atoms with Gasteiger partial charge in [-0.25, -0.2) is 0 Å². The fourth-order valence-electron chi connectivity index (χ4n) is 2.25. The summed E-state index contributed by atoms with van der Waals surface area (Å²) in [6.07, 6.45) is 3.70. The largest absolute Gasteiger partial charge is 0.391 e. The second-order valence-electron chi connectivity index (χ2n) is 4.72. The van der Waals surface area contributed by atoms with Gasteiger partial charge in [-0.05, 0) is 45.1 Å². The lowest BCUT2D eigenvalue weighted by Gasteiger charge is -2.38. The number of aliphatic hydroxyl groups excluding tert-OH is 1. The first-order valence-electron chi connectivity index (χ1n) is 5.06. The van der Waals surface area contributed by atoms with Gasteiger partial charge in [0.2, 0.25) is 0 Å². The first-order valence-corrected chi connectivity index (χ1v) is 5.06. The molecule has 2 fully saturated rings. The molecular weight excluding hydrogens is 150 g/mol. The van der Waals surface area contributed by atoms with Crippen molar-refractivity contribution in [1.29, 1.82) is 0 Å². The van der Waals surface area contributed by atoms with Crippen LogP contribution in [0.4, 0.5) is 0 Å². The van der Waals surface area contributed by atoms with E-state index in [2.05, 4.69) is 18.7 Å². The topological polar surface area (TPSA) is 23.5 Å². The van der Waals surface area contributed by atoms with E-state index >= 15 is 0 Å². The van der Waals surface area contributed by atoms with Crippen LogP contribution >= 0.6 is 0 Å². The third-order valence-electron chi connectivity index (χ3n) is 3.63. The molecule has 2 aliphatic rings. The summed E-state index contributed by atoms with van der Waals surface area (Å²) in [7, 11) is 0. The van der Waals surface area contributed by atoms with Crippen LogP contribution in [-0.2, 0) is 0 Å². The second-order valence-corrected chi connectivity index (χ2v) is 4.72. The molecule has 1 unspecified atom stereocenters. The van der Waals surface area contributed by atoms with Gasteiger partial charge in [-0.15, -0.1) is 0 Å². The van der Waals surface area contributed by atoms with Gasteiger partial charge in [-0.3, -0.25) is 4.90 Å². The zero-order chi connectivity index (χ0) is 8.77. The molecule has 1 N–H and O–H groups in total. The molecule has 2 nitrogen and oxygen atoms in total. The van der Waals surface area contributed by atoms with E-state index in [1.807, 2.05) is 0 Å². The summed E-state index contributed by atoms with van der Waals surface area (Å²) < 4.78 is 0. The van der Waals surface area contributed by atoms with Crippen LogP contribution in [0.15, 0.2) is 0 Å². The first-order chi connectivity index (χ1) is 5.64. The molecule has 0 aromatic carbocycles. The van der Waals surface area contributed by atoms with E-state index in [9.17, 15) is 5.11 Å². The number of piperidine rings is 1. The minimum Gasteiger partial charge on any atom is -0.391 e. The molecule has 2 rings (SSSR count). The van der Waals surface area contributed by atoms with Crippen molar-refractivity contribution >= 4 is 0 Å². The highest BCUT2D eigenvalue weighted by Crippen LogP contribution is 2.53. The lowest BCUT2D eigenvalue weighted by Crippen LogP contribution is -2.47. The van der Waals surface area contributed by atoms with Gasteiger partial charge in [0.15, 0.2) is 0 Å². The Morgan fingerprint density at radius 3 is 2.42 bits per heavy atom. The number of aliphatic hydroxyl groups is 1. The molecule has 70 valence electrons. The second kappa shape index (κ2) is 2.71. The molecule has 1 aliphatic carbocycles. The summed E-state index contributed by atoms with van der Waals surface area (Å²) in [5.74, 6) is 0. The van der Waals surface area contributed by atoms with Crippen molar-refractivity contribution in [3.63, 3.8) is 0 Å². The van der Waals surface area contributed by atoms with Crippen molar-refractivity contribution < 1.29 is 5.11 Å². The fourth-order valence-corrected chi connectivity index (χ4v) is 2.25. The molecule has 1 spiro atoms. The summed E-state index contributed by atoms with van der Waals surface area (Å²) in [6.45, 7) is 6.50. The van der Waals surface area contributed by atoms with E-state index < -0.39 is 0 Å². The van der Waals surface area contributed by atoms with Gasteiger partial charge < -0.3 is 5.11 Å². The van der Waals surface area contributed by atoms with Crippen LogP contribution in [-0.4, -0.2) is 35.2 Å². The average Bonchev–Trinajstić information content (AvgIpc) is 2.76. The molecule has 0 aromatic rings. The van der Waals surface area contributed by atoms with Crippen LogP contribution in [0.2, 0.25) is 0 Å². The van der Waals surface area contributed by atoms with Crippen LogP contribution in [0.5, 0.6) is 0 Å². The Hall–Kier alpha value is -0.0800. The zero-order valence-corrected chi connectivity index (χ0v) is 8.08. The highest BCUT2D eigenvalue weighted by Gasteiger charge is 2.51. The maximum absolute atomic E-state index is 9.88. The van der Waals surface area contributed by atoms with E-state index in [1.165, 1.54) is 25.8 Å². The van der Waals surface area contributed by atoms with Gasteiger partial charge in [-0.1, -0.05) is 0 Å². The normalized spacial score (nSPS) is 34.5. The molecular formula is C10H19NO. The molecule has 1 saturated heterocycles. The quantitative estimate of drug-likeness (QED) is 0.638. The van der Waals surface area contributed by atoms with Crippen LogP contribution < -0.4 is 0 Å². The van der Waals surface area contributed by atoms with E-state index in [0.29, 0.717) is 11.5 Å². The number of hydrogen-bond acceptors (Lipinski definition) is 2. The lowest BCUT2D eigenvalue weighted by atomic mass is 9.90. The molecule has 0 radical (unpaired) electrons. The van der Waals surface area contributed by atoms with Gasteiger partial charge >= 0.3 is 0 Å². The number of rotatable bonds is 1. The molecule has 1 aliphatic heterocycles. The third-order valence-corrected chi connectivity index (χ3v) is 3.63. The SMILES string of the molecule is CC(C)N1CCC2(CC2)C(O)C1. The fraction of sp³-hybridized carbons (Fsp3) is 1.00. The van der Waals surface area contributed by atoms with Crippen molar-refractivity contribution in [2.24, 2.45) is 5.41 Å². The summed E-state index contributed by atoms with van der Waals surface area (Å²) in [5.41, 5.74) is 0.366. The Balaban J connectivity index is 1.94. The standard InChI is InChI=1S/C10H19NO/c1-8(2)11-6-5-10(3-4-10)9(12)7-11/h8-9,12H,3-7H2,1-2H3. The Morgan fingerprint density at radius 1 is 1.33 bits per heavy atom. The van der Waals surface area contributed by atoms with Gasteiger partial charge in [0, 0.05) is 12.6 Å². The van der Waals surface area contributed by atoms with Gasteiger partial charge in [-0.2, -0.15) is 0 Å². The maximum atomic E-state index is 9.88. The smallest absolute Gasteiger partial charge is 0.0723 e. The predicted molar refractivity (Wildman–Crippen MR) is 49.0 cm³/mol. The monoisotopic (exact) mass is 169 g/mol. The zero-order valence-electron chi connectivity index (χ0n) is 8.08. The molecule has 2 heteroatoms. The molecule has 12 heavy (non-hydrogen) atoms. The lowest BCUT2D eigenvalue weighted by molar-refractivity contribution is -0.00289. The summed E-state index contributed by atoms with van der Waals surface area (Å²) in [5, 5.41) is 9.88. The van der Waals surface area contributed by atoms with E-state index in [1.54, 1.807) is 0 Å². The molecule has 0 aromatic heterocycles. The van der Waals surface area contributed by atoms with Crippen molar-refractivity contribution in [3.8, 4) is 0 Å². The van der Waals surface area contributed by atoms with Crippen molar-refractivity contribution in [2.45, 2.75) is 45.3 Å². The van der Waals surface area contributed by atoms with Crippen LogP contribution in [0.25, 0.3) is 0 Å². The van der Waals surface area contributed by atoms with Crippen LogP contribution in [0.3, 0.4) is 0 Å². The van der Waals surface area contributed by atoms with E-state index in [4.69, 9.17) is 0 Å². The molecule has 1 atom stereocenters. The Bertz CT molecular complexity index is 175. The molecule has 1 heterocycles. The van der Waals surface area contributed by atoms with Crippen molar-refractivity contribution in [1.82, 2.24) is 4.90 Å². The Kier molecular flexibility index (Phi) is 1.92. The average molecular weight is 169 g/mol. The number of hydrogen-bond donors (Lipinski definition) is 1. The van der Waals surface area contributed by atoms with Gasteiger partial charge in [0.05, 0.1) is 6.10 Å². The first kappa shape index (κ1) is 8.52. The minimum absolute atomic E-state index is 0.0475. The third kappa shape index (κ3) is 1.27. The van der Waals surface area contributed by atoms with Gasteiger partial charge in [0.1, 0.15) is 0 Å². The highest BCUT2D eigenvalue weighted by molar-refractivity contribution is 5.03. The minimum atomic E-state index is -0.0475. The number of nitrogens with zero attached hydrogens (tertiary/aromatic N) is 1. The maximum Gasteiger partial charge on any atom is 0.0723 e.